The average molecular weight is 315 g/mol. The van der Waals surface area contributed by atoms with Gasteiger partial charge < -0.3 is 14.4 Å². The molecule has 0 unspecified atom stereocenters. The van der Waals surface area contributed by atoms with Gasteiger partial charge in [0.1, 0.15) is 11.5 Å². The molecule has 4 heteroatoms. The summed E-state index contributed by atoms with van der Waals surface area (Å²) in [7, 11) is 1.66. The first-order valence-electron chi connectivity index (χ1n) is 8.47. The molecule has 0 saturated carbocycles. The van der Waals surface area contributed by atoms with Crippen molar-refractivity contribution in [1.29, 1.82) is 0 Å². The van der Waals surface area contributed by atoms with E-state index in [-0.39, 0.29) is 5.92 Å². The van der Waals surface area contributed by atoms with E-state index in [0.717, 1.165) is 50.3 Å². The third kappa shape index (κ3) is 4.06. The molecule has 23 heavy (non-hydrogen) atoms. The first kappa shape index (κ1) is 15.9. The second-order valence-electron chi connectivity index (χ2n) is 6.42. The summed E-state index contributed by atoms with van der Waals surface area (Å²) in [6.07, 6.45) is 8.25. The molecule has 1 aliphatic heterocycles. The minimum atomic E-state index is 0.177. The topological polar surface area (TPSA) is 38.8 Å². The maximum Gasteiger partial charge on any atom is 0.226 e. The fourth-order valence-corrected chi connectivity index (χ4v) is 3.36. The minimum absolute atomic E-state index is 0.177. The first-order chi connectivity index (χ1) is 11.3. The Kier molecular flexibility index (Phi) is 5.21. The van der Waals surface area contributed by atoms with Crippen molar-refractivity contribution in [3.63, 3.8) is 0 Å². The van der Waals surface area contributed by atoms with E-state index in [1.807, 2.05) is 29.2 Å². The van der Waals surface area contributed by atoms with Gasteiger partial charge in [0.25, 0.3) is 0 Å². The number of hydrogen-bond acceptors (Lipinski definition) is 3. The van der Waals surface area contributed by atoms with Crippen LogP contribution < -0.4 is 9.47 Å². The minimum Gasteiger partial charge on any atom is -0.497 e. The van der Waals surface area contributed by atoms with Gasteiger partial charge in [-0.2, -0.15) is 0 Å². The maximum absolute atomic E-state index is 12.5. The van der Waals surface area contributed by atoms with Gasteiger partial charge in [-0.3, -0.25) is 4.79 Å². The van der Waals surface area contributed by atoms with Crippen molar-refractivity contribution in [2.24, 2.45) is 11.8 Å². The Morgan fingerprint density at radius 2 is 1.87 bits per heavy atom. The zero-order valence-corrected chi connectivity index (χ0v) is 13.7. The quantitative estimate of drug-likeness (QED) is 0.783. The van der Waals surface area contributed by atoms with Crippen molar-refractivity contribution in [2.75, 3.05) is 26.8 Å². The van der Waals surface area contributed by atoms with Gasteiger partial charge >= 0.3 is 0 Å². The maximum atomic E-state index is 12.5. The van der Waals surface area contributed by atoms with Gasteiger partial charge in [0, 0.05) is 24.9 Å². The molecule has 0 radical (unpaired) electrons. The fourth-order valence-electron chi connectivity index (χ4n) is 3.36. The lowest BCUT2D eigenvalue weighted by molar-refractivity contribution is -0.137. The van der Waals surface area contributed by atoms with Crippen molar-refractivity contribution in [2.45, 2.75) is 25.7 Å². The number of likely N-dealkylation sites (tertiary alicyclic amines) is 1. The smallest absolute Gasteiger partial charge is 0.226 e. The van der Waals surface area contributed by atoms with Crippen LogP contribution in [0.4, 0.5) is 0 Å². The molecule has 2 aliphatic rings. The summed E-state index contributed by atoms with van der Waals surface area (Å²) in [6, 6.07) is 7.65. The molecule has 1 saturated heterocycles. The van der Waals surface area contributed by atoms with Gasteiger partial charge in [0.05, 0.1) is 13.7 Å². The van der Waals surface area contributed by atoms with Gasteiger partial charge in [0.15, 0.2) is 0 Å². The number of rotatable bonds is 5. The van der Waals surface area contributed by atoms with Crippen molar-refractivity contribution in [1.82, 2.24) is 4.90 Å². The highest BCUT2D eigenvalue weighted by atomic mass is 16.5. The van der Waals surface area contributed by atoms with Crippen LogP contribution in [0.3, 0.4) is 0 Å². The van der Waals surface area contributed by atoms with Crippen LogP contribution in [-0.4, -0.2) is 37.6 Å². The Bertz CT molecular complexity index is 544. The summed E-state index contributed by atoms with van der Waals surface area (Å²) >= 11 is 0. The number of piperidine rings is 1. The molecule has 1 amide bonds. The SMILES string of the molecule is COc1ccc(OC[C@@H]2CCCN(C(=O)C3CC=CC3)C2)cc1. The van der Waals surface area contributed by atoms with Gasteiger partial charge in [-0.15, -0.1) is 0 Å². The molecule has 3 rings (SSSR count). The number of carbonyl (C=O) groups excluding carboxylic acids is 1. The molecule has 1 aromatic rings. The van der Waals surface area contributed by atoms with Crippen LogP contribution in [0.2, 0.25) is 0 Å². The van der Waals surface area contributed by atoms with E-state index in [1.165, 1.54) is 0 Å². The van der Waals surface area contributed by atoms with Gasteiger partial charge in [0.2, 0.25) is 5.91 Å². The second kappa shape index (κ2) is 7.53. The van der Waals surface area contributed by atoms with Crippen LogP contribution in [0.15, 0.2) is 36.4 Å². The van der Waals surface area contributed by atoms with E-state index in [9.17, 15) is 4.79 Å². The fraction of sp³-hybridized carbons (Fsp3) is 0.526. The molecule has 0 bridgehead atoms. The lowest BCUT2D eigenvalue weighted by Crippen LogP contribution is -2.43. The molecule has 1 aliphatic carbocycles. The highest BCUT2D eigenvalue weighted by Crippen LogP contribution is 2.25. The number of carbonyl (C=O) groups is 1. The Morgan fingerprint density at radius 1 is 1.17 bits per heavy atom. The number of nitrogens with zero attached hydrogens (tertiary/aromatic N) is 1. The Balaban J connectivity index is 1.49. The average Bonchev–Trinajstić information content (AvgIpc) is 3.14. The molecule has 1 heterocycles. The predicted octanol–water partition coefficient (Wildman–Crippen LogP) is 3.28. The highest BCUT2D eigenvalue weighted by Gasteiger charge is 2.29. The number of allylic oxidation sites excluding steroid dienone is 2. The number of hydrogen-bond donors (Lipinski definition) is 0. The largest absolute Gasteiger partial charge is 0.497 e. The number of amides is 1. The van der Waals surface area contributed by atoms with Gasteiger partial charge in [-0.25, -0.2) is 0 Å². The normalized spacial score (nSPS) is 21.4. The monoisotopic (exact) mass is 315 g/mol. The summed E-state index contributed by atoms with van der Waals surface area (Å²) in [4.78, 5) is 14.6. The van der Waals surface area contributed by atoms with E-state index in [1.54, 1.807) is 7.11 Å². The summed E-state index contributed by atoms with van der Waals surface area (Å²) in [5, 5.41) is 0. The molecule has 124 valence electrons. The highest BCUT2D eigenvalue weighted by molar-refractivity contribution is 5.79. The van der Waals surface area contributed by atoms with Crippen LogP contribution in [-0.2, 0) is 4.79 Å². The molecule has 0 aromatic heterocycles. The molecule has 4 nitrogen and oxygen atoms in total. The Hall–Kier alpha value is -1.97. The van der Waals surface area contributed by atoms with Crippen LogP contribution >= 0.6 is 0 Å². The lowest BCUT2D eigenvalue weighted by Gasteiger charge is -2.34. The molecule has 0 spiro atoms. The molecule has 1 fully saturated rings. The Morgan fingerprint density at radius 3 is 2.57 bits per heavy atom. The standard InChI is InChI=1S/C19H25NO3/c1-22-17-8-10-18(11-9-17)23-14-15-5-4-12-20(13-15)19(21)16-6-2-3-7-16/h2-3,8-11,15-16H,4-7,12-14H2,1H3/t15-/m1/s1. The predicted molar refractivity (Wildman–Crippen MR) is 89.7 cm³/mol. The van der Waals surface area contributed by atoms with Crippen LogP contribution in [0.25, 0.3) is 0 Å². The molecule has 1 atom stereocenters. The van der Waals surface area contributed by atoms with Crippen LogP contribution in [0.5, 0.6) is 11.5 Å². The van der Waals surface area contributed by atoms with Crippen molar-refractivity contribution in [3.8, 4) is 11.5 Å². The summed E-state index contributed by atoms with van der Waals surface area (Å²) in [5.41, 5.74) is 0. The van der Waals surface area contributed by atoms with E-state index >= 15 is 0 Å². The first-order valence-corrected chi connectivity index (χ1v) is 8.47. The molecule has 0 N–H and O–H groups in total. The summed E-state index contributed by atoms with van der Waals surface area (Å²) in [5.74, 6) is 2.61. The van der Waals surface area contributed by atoms with E-state index < -0.39 is 0 Å². The van der Waals surface area contributed by atoms with Gasteiger partial charge in [-0.1, -0.05) is 12.2 Å². The van der Waals surface area contributed by atoms with E-state index in [2.05, 4.69) is 12.2 Å². The third-order valence-electron chi connectivity index (χ3n) is 4.73. The van der Waals surface area contributed by atoms with Crippen LogP contribution in [0, 0.1) is 11.8 Å². The van der Waals surface area contributed by atoms with Crippen LogP contribution in [0.1, 0.15) is 25.7 Å². The van der Waals surface area contributed by atoms with E-state index in [4.69, 9.17) is 9.47 Å². The molecular weight excluding hydrogens is 290 g/mol. The number of ether oxygens (including phenoxy) is 2. The zero-order chi connectivity index (χ0) is 16.1. The Labute approximate surface area is 138 Å². The van der Waals surface area contributed by atoms with Crippen molar-refractivity contribution < 1.29 is 14.3 Å². The van der Waals surface area contributed by atoms with Crippen molar-refractivity contribution in [3.05, 3.63) is 36.4 Å². The van der Waals surface area contributed by atoms with Gasteiger partial charge in [-0.05, 0) is 49.9 Å². The molecular formula is C19H25NO3. The van der Waals surface area contributed by atoms with E-state index in [0.29, 0.717) is 18.4 Å². The third-order valence-corrected chi connectivity index (χ3v) is 4.73. The molecule has 1 aromatic carbocycles. The number of methoxy groups -OCH3 is 1. The number of benzene rings is 1. The lowest BCUT2D eigenvalue weighted by atomic mass is 9.96. The summed E-state index contributed by atoms with van der Waals surface area (Å²) in [6.45, 7) is 2.39. The second-order valence-corrected chi connectivity index (χ2v) is 6.42. The summed E-state index contributed by atoms with van der Waals surface area (Å²) < 4.78 is 11.0. The zero-order valence-electron chi connectivity index (χ0n) is 13.7. The van der Waals surface area contributed by atoms with Crippen molar-refractivity contribution >= 4 is 5.91 Å².